The summed E-state index contributed by atoms with van der Waals surface area (Å²) in [6.45, 7) is 0.679. The fraction of sp³-hybridized carbons (Fsp3) is 0.370. The average molecular weight is 597 g/mol. The van der Waals surface area contributed by atoms with Crippen LogP contribution in [0.5, 0.6) is 17.2 Å². The first-order valence-corrected chi connectivity index (χ1v) is 15.1. The molecule has 0 spiro atoms. The Morgan fingerprint density at radius 1 is 1.10 bits per heavy atom. The van der Waals surface area contributed by atoms with Crippen LogP contribution in [0.2, 0.25) is 5.02 Å². The highest BCUT2D eigenvalue weighted by Crippen LogP contribution is 2.40. The molecule has 1 saturated heterocycles. The molecule has 12 heteroatoms. The second kappa shape index (κ2) is 13.0. The summed E-state index contributed by atoms with van der Waals surface area (Å²) in [4.78, 5) is 12.8. The summed E-state index contributed by atoms with van der Waals surface area (Å²) < 4.78 is 59.8. The normalized spacial score (nSPS) is 16.0. The Bertz CT molecular complexity index is 1380. The second-order valence-corrected chi connectivity index (χ2v) is 12.1. The van der Waals surface area contributed by atoms with Crippen LogP contribution < -0.4 is 19.5 Å². The molecule has 3 aromatic rings. The SMILES string of the molecule is COc1cc(CN([C@H]2CCCCNC2=O)S(=O)(=O)c2ccc(F)c(Cl)c2)cc(OC)c1OCCc1ccsc1. The molecule has 1 fully saturated rings. The summed E-state index contributed by atoms with van der Waals surface area (Å²) in [7, 11) is -1.30. The van der Waals surface area contributed by atoms with Crippen LogP contribution in [0.4, 0.5) is 4.39 Å². The van der Waals surface area contributed by atoms with Gasteiger partial charge in [0.25, 0.3) is 0 Å². The number of hydrogen-bond acceptors (Lipinski definition) is 7. The summed E-state index contributed by atoms with van der Waals surface area (Å²) in [5.74, 6) is -0.00901. The number of halogens is 2. The van der Waals surface area contributed by atoms with E-state index in [-0.39, 0.29) is 16.5 Å². The molecule has 8 nitrogen and oxygen atoms in total. The molecule has 1 N–H and O–H groups in total. The van der Waals surface area contributed by atoms with E-state index in [1.54, 1.807) is 23.5 Å². The fourth-order valence-electron chi connectivity index (χ4n) is 4.39. The Balaban J connectivity index is 1.69. The maximum Gasteiger partial charge on any atom is 0.244 e. The molecule has 0 saturated carbocycles. The van der Waals surface area contributed by atoms with E-state index in [1.165, 1.54) is 14.2 Å². The highest BCUT2D eigenvalue weighted by Gasteiger charge is 2.37. The molecule has 1 aliphatic heterocycles. The third-order valence-corrected chi connectivity index (χ3v) is 9.30. The van der Waals surface area contributed by atoms with Crippen LogP contribution in [-0.2, 0) is 27.8 Å². The molecule has 39 heavy (non-hydrogen) atoms. The van der Waals surface area contributed by atoms with Gasteiger partial charge in [0.05, 0.1) is 30.7 Å². The number of methoxy groups -OCH3 is 2. The number of hydrogen-bond donors (Lipinski definition) is 1. The third kappa shape index (κ3) is 6.84. The third-order valence-electron chi connectivity index (χ3n) is 6.43. The molecule has 0 radical (unpaired) electrons. The van der Waals surface area contributed by atoms with Crippen molar-refractivity contribution in [3.63, 3.8) is 0 Å². The van der Waals surface area contributed by atoms with E-state index in [0.29, 0.717) is 55.2 Å². The molecule has 2 aromatic carbocycles. The van der Waals surface area contributed by atoms with Crippen LogP contribution in [0.1, 0.15) is 30.4 Å². The van der Waals surface area contributed by atoms with Gasteiger partial charge in [-0.1, -0.05) is 11.6 Å². The number of carbonyl (C=O) groups excluding carboxylic acids is 1. The van der Waals surface area contributed by atoms with Gasteiger partial charge in [0, 0.05) is 19.5 Å². The van der Waals surface area contributed by atoms with Crippen LogP contribution in [0.3, 0.4) is 0 Å². The zero-order valence-electron chi connectivity index (χ0n) is 21.6. The standard InChI is InChI=1S/C27H30ClFN2O6S2/c1-35-24-13-19(14-25(36-2)26(24)37-11-8-18-9-12-38-17-18)16-31(23-5-3-4-10-30-27(23)32)39(33,34)20-6-7-22(29)21(28)15-20/h6-7,9,12-15,17,23H,3-5,8,10-11,16H2,1-2H3,(H,30,32)/t23-/m0/s1. The highest BCUT2D eigenvalue weighted by molar-refractivity contribution is 7.89. The van der Waals surface area contributed by atoms with Crippen molar-refractivity contribution in [2.75, 3.05) is 27.4 Å². The van der Waals surface area contributed by atoms with Gasteiger partial charge in [-0.25, -0.2) is 12.8 Å². The number of sulfonamides is 1. The number of amides is 1. The van der Waals surface area contributed by atoms with E-state index < -0.39 is 27.8 Å². The van der Waals surface area contributed by atoms with E-state index in [2.05, 4.69) is 5.32 Å². The Morgan fingerprint density at radius 2 is 1.85 bits per heavy atom. The Morgan fingerprint density at radius 3 is 2.49 bits per heavy atom. The average Bonchev–Trinajstić information content (AvgIpc) is 3.35. The summed E-state index contributed by atoms with van der Waals surface area (Å²) in [5.41, 5.74) is 1.67. The predicted octanol–water partition coefficient (Wildman–Crippen LogP) is 5.04. The van der Waals surface area contributed by atoms with Gasteiger partial charge in [-0.15, -0.1) is 0 Å². The molecule has 1 aromatic heterocycles. The van der Waals surface area contributed by atoms with Crippen molar-refractivity contribution in [3.8, 4) is 17.2 Å². The van der Waals surface area contributed by atoms with Gasteiger partial charge < -0.3 is 19.5 Å². The van der Waals surface area contributed by atoms with Gasteiger partial charge in [-0.3, -0.25) is 4.79 Å². The van der Waals surface area contributed by atoms with Gasteiger partial charge in [0.2, 0.25) is 21.7 Å². The Hall–Kier alpha value is -2.86. The van der Waals surface area contributed by atoms with Gasteiger partial charge in [0.1, 0.15) is 11.9 Å². The quantitative estimate of drug-likeness (QED) is 0.333. The molecule has 1 atom stereocenters. The number of benzene rings is 2. The van der Waals surface area contributed by atoms with Crippen molar-refractivity contribution in [2.24, 2.45) is 0 Å². The van der Waals surface area contributed by atoms with Gasteiger partial charge in [-0.05, 0) is 77.5 Å². The van der Waals surface area contributed by atoms with Crippen molar-refractivity contribution in [1.82, 2.24) is 9.62 Å². The van der Waals surface area contributed by atoms with Crippen LogP contribution in [0.15, 0.2) is 52.1 Å². The van der Waals surface area contributed by atoms with Crippen LogP contribution >= 0.6 is 22.9 Å². The number of ether oxygens (including phenoxy) is 3. The predicted molar refractivity (Wildman–Crippen MR) is 148 cm³/mol. The number of nitrogens with zero attached hydrogens (tertiary/aromatic N) is 1. The molecule has 2 heterocycles. The molecule has 0 aliphatic carbocycles. The summed E-state index contributed by atoms with van der Waals surface area (Å²) in [5, 5.41) is 6.52. The van der Waals surface area contributed by atoms with Crippen molar-refractivity contribution in [2.45, 2.75) is 43.2 Å². The number of thiophene rings is 1. The smallest absolute Gasteiger partial charge is 0.244 e. The minimum Gasteiger partial charge on any atom is -0.493 e. The zero-order chi connectivity index (χ0) is 28.0. The number of rotatable bonds is 11. The maximum absolute atomic E-state index is 13.9. The van der Waals surface area contributed by atoms with E-state index in [9.17, 15) is 17.6 Å². The fourth-order valence-corrected chi connectivity index (χ4v) is 6.97. The molecular weight excluding hydrogens is 567 g/mol. The molecule has 0 unspecified atom stereocenters. The second-order valence-electron chi connectivity index (χ2n) is 8.99. The van der Waals surface area contributed by atoms with Crippen LogP contribution in [-0.4, -0.2) is 52.0 Å². The summed E-state index contributed by atoms with van der Waals surface area (Å²) in [6, 6.07) is 7.57. The largest absolute Gasteiger partial charge is 0.493 e. The van der Waals surface area contributed by atoms with E-state index in [0.717, 1.165) is 34.5 Å². The first-order valence-electron chi connectivity index (χ1n) is 12.4. The first kappa shape index (κ1) is 29.1. The molecule has 4 rings (SSSR count). The maximum atomic E-state index is 13.9. The first-order chi connectivity index (χ1) is 18.7. The van der Waals surface area contributed by atoms with E-state index in [1.807, 2.05) is 16.8 Å². The van der Waals surface area contributed by atoms with Crippen molar-refractivity contribution in [3.05, 3.63) is 69.1 Å². The number of carbonyl (C=O) groups is 1. The summed E-state index contributed by atoms with van der Waals surface area (Å²) in [6.07, 6.45) is 2.42. The van der Waals surface area contributed by atoms with Gasteiger partial charge in [0.15, 0.2) is 11.5 Å². The lowest BCUT2D eigenvalue weighted by Gasteiger charge is -2.29. The monoisotopic (exact) mass is 596 g/mol. The van der Waals surface area contributed by atoms with Gasteiger partial charge >= 0.3 is 0 Å². The van der Waals surface area contributed by atoms with Gasteiger partial charge in [-0.2, -0.15) is 15.6 Å². The zero-order valence-corrected chi connectivity index (χ0v) is 24.0. The Kier molecular flexibility index (Phi) is 9.71. The molecule has 0 bridgehead atoms. The van der Waals surface area contributed by atoms with Crippen LogP contribution in [0.25, 0.3) is 0 Å². The molecule has 1 amide bonds. The van der Waals surface area contributed by atoms with Crippen molar-refractivity contribution in [1.29, 1.82) is 0 Å². The Labute approximate surface area is 236 Å². The lowest BCUT2D eigenvalue weighted by Crippen LogP contribution is -2.48. The molecule has 210 valence electrons. The van der Waals surface area contributed by atoms with Crippen LogP contribution in [0, 0.1) is 5.82 Å². The van der Waals surface area contributed by atoms with Crippen molar-refractivity contribution < 1.29 is 31.8 Å². The van der Waals surface area contributed by atoms with Crippen molar-refractivity contribution >= 4 is 38.9 Å². The minimum absolute atomic E-state index is 0.169. The number of nitrogens with one attached hydrogen (secondary N) is 1. The topological polar surface area (TPSA) is 94.2 Å². The van der Waals surface area contributed by atoms with E-state index >= 15 is 0 Å². The highest BCUT2D eigenvalue weighted by atomic mass is 35.5. The molecule has 1 aliphatic rings. The van der Waals surface area contributed by atoms with E-state index in [4.69, 9.17) is 25.8 Å². The molecular formula is C27H30ClFN2O6S2. The minimum atomic E-state index is -4.27. The lowest BCUT2D eigenvalue weighted by molar-refractivity contribution is -0.124. The summed E-state index contributed by atoms with van der Waals surface area (Å²) >= 11 is 7.52. The lowest BCUT2D eigenvalue weighted by atomic mass is 10.1.